The molecule has 0 aliphatic heterocycles. The van der Waals surface area contributed by atoms with Gasteiger partial charge in [0.05, 0.1) is 0 Å². The molecular formula is C26H44. The zero-order valence-electron chi connectivity index (χ0n) is 18.4. The van der Waals surface area contributed by atoms with E-state index < -0.39 is 0 Å². The minimum absolute atomic E-state index is 0.434. The average molecular weight is 357 g/mol. The van der Waals surface area contributed by atoms with Crippen molar-refractivity contribution in [2.24, 2.45) is 17.3 Å². The van der Waals surface area contributed by atoms with Gasteiger partial charge in [0, 0.05) is 0 Å². The van der Waals surface area contributed by atoms with Crippen LogP contribution in [0.5, 0.6) is 0 Å². The van der Waals surface area contributed by atoms with E-state index in [4.69, 9.17) is 0 Å². The Balaban J connectivity index is 2.30. The lowest BCUT2D eigenvalue weighted by Crippen LogP contribution is -2.22. The van der Waals surface area contributed by atoms with Gasteiger partial charge < -0.3 is 0 Å². The Morgan fingerprint density at radius 3 is 2.50 bits per heavy atom. The predicted molar refractivity (Wildman–Crippen MR) is 117 cm³/mol. The molecule has 1 atom stereocenters. The van der Waals surface area contributed by atoms with Gasteiger partial charge in [-0.25, -0.2) is 0 Å². The minimum Gasteiger partial charge on any atom is -0.0958 e. The molecule has 0 bridgehead atoms. The van der Waals surface area contributed by atoms with Crippen molar-refractivity contribution in [3.63, 3.8) is 0 Å². The van der Waals surface area contributed by atoms with Gasteiger partial charge in [-0.3, -0.25) is 0 Å². The monoisotopic (exact) mass is 356 g/mol. The fourth-order valence-corrected chi connectivity index (χ4v) is 4.96. The lowest BCUT2D eigenvalue weighted by Gasteiger charge is -2.37. The lowest BCUT2D eigenvalue weighted by atomic mass is 9.68. The summed E-state index contributed by atoms with van der Waals surface area (Å²) in [7, 11) is 0. The van der Waals surface area contributed by atoms with E-state index in [1.54, 1.807) is 16.7 Å². The third kappa shape index (κ3) is 6.14. The van der Waals surface area contributed by atoms with Gasteiger partial charge in [0.2, 0.25) is 0 Å². The summed E-state index contributed by atoms with van der Waals surface area (Å²) in [5.41, 5.74) is 6.78. The van der Waals surface area contributed by atoms with E-state index >= 15 is 0 Å². The molecule has 0 aromatic heterocycles. The van der Waals surface area contributed by atoms with Crippen molar-refractivity contribution >= 4 is 0 Å². The molecule has 0 N–H and O–H groups in total. The second-order valence-electron chi connectivity index (χ2n) is 10.1. The molecule has 2 rings (SSSR count). The molecule has 0 saturated heterocycles. The first-order valence-corrected chi connectivity index (χ1v) is 11.4. The Labute approximate surface area is 164 Å². The van der Waals surface area contributed by atoms with Crippen LogP contribution in [0, 0.1) is 17.3 Å². The van der Waals surface area contributed by atoms with Crippen molar-refractivity contribution in [1.82, 2.24) is 0 Å². The van der Waals surface area contributed by atoms with Crippen LogP contribution in [0.25, 0.3) is 0 Å². The van der Waals surface area contributed by atoms with Crippen LogP contribution in [0.15, 0.2) is 34.9 Å². The molecule has 0 nitrogen and oxygen atoms in total. The summed E-state index contributed by atoms with van der Waals surface area (Å²) in [4.78, 5) is 0. The molecule has 1 fully saturated rings. The molecular weight excluding hydrogens is 312 g/mol. The van der Waals surface area contributed by atoms with Crippen molar-refractivity contribution in [3.8, 4) is 0 Å². The number of unbranched alkanes of at least 4 members (excludes halogenated alkanes) is 1. The molecule has 26 heavy (non-hydrogen) atoms. The molecule has 0 radical (unpaired) electrons. The van der Waals surface area contributed by atoms with E-state index in [-0.39, 0.29) is 0 Å². The van der Waals surface area contributed by atoms with Gasteiger partial charge in [0.25, 0.3) is 0 Å². The summed E-state index contributed by atoms with van der Waals surface area (Å²) in [5, 5.41) is 0. The largest absolute Gasteiger partial charge is 0.0958 e. The number of hydrogen-bond acceptors (Lipinski definition) is 0. The number of hydrogen-bond donors (Lipinski definition) is 0. The van der Waals surface area contributed by atoms with Gasteiger partial charge in [0.1, 0.15) is 0 Å². The minimum atomic E-state index is 0.434. The SMILES string of the molecule is C=C(C)C1=C(/C(=C\CC(C)CCCC)C2CCCCC2)CCC(C)(C)C1. The molecule has 1 saturated carbocycles. The summed E-state index contributed by atoms with van der Waals surface area (Å²) in [6.07, 6.45) is 18.9. The van der Waals surface area contributed by atoms with Crippen LogP contribution in [-0.2, 0) is 0 Å². The molecule has 0 heterocycles. The van der Waals surface area contributed by atoms with Gasteiger partial charge >= 0.3 is 0 Å². The topological polar surface area (TPSA) is 0 Å². The first-order valence-electron chi connectivity index (χ1n) is 11.4. The van der Waals surface area contributed by atoms with Crippen molar-refractivity contribution in [2.45, 2.75) is 112 Å². The quantitative estimate of drug-likeness (QED) is 0.407. The molecule has 2 aliphatic carbocycles. The summed E-state index contributed by atoms with van der Waals surface area (Å²) in [5.74, 6) is 1.63. The first-order chi connectivity index (χ1) is 12.3. The van der Waals surface area contributed by atoms with Crippen molar-refractivity contribution in [1.29, 1.82) is 0 Å². The fraction of sp³-hybridized carbons (Fsp3) is 0.769. The van der Waals surface area contributed by atoms with Crippen molar-refractivity contribution in [3.05, 3.63) is 34.9 Å². The normalized spacial score (nSPS) is 23.2. The maximum Gasteiger partial charge on any atom is -0.0162 e. The van der Waals surface area contributed by atoms with Gasteiger partial charge in [-0.1, -0.05) is 84.4 Å². The van der Waals surface area contributed by atoms with E-state index in [2.05, 4.69) is 47.3 Å². The predicted octanol–water partition coefficient (Wildman–Crippen LogP) is 8.79. The van der Waals surface area contributed by atoms with E-state index in [0.717, 1.165) is 11.8 Å². The van der Waals surface area contributed by atoms with Gasteiger partial charge in [-0.05, 0) is 79.4 Å². The van der Waals surface area contributed by atoms with Gasteiger partial charge in [-0.15, -0.1) is 0 Å². The van der Waals surface area contributed by atoms with E-state index in [9.17, 15) is 0 Å². The Kier molecular flexibility index (Phi) is 8.24. The molecule has 0 amide bonds. The molecule has 0 spiro atoms. The standard InChI is InChI=1S/C26H44/c1-7-8-12-21(4)15-16-23(22-13-10-9-11-14-22)24-17-18-26(5,6)19-25(24)20(2)3/h16,21-22H,2,7-15,17-19H2,1,3-6H3/b23-16-. The lowest BCUT2D eigenvalue weighted by molar-refractivity contribution is 0.312. The summed E-state index contributed by atoms with van der Waals surface area (Å²) in [6.45, 7) is 16.2. The summed E-state index contributed by atoms with van der Waals surface area (Å²) in [6, 6.07) is 0. The van der Waals surface area contributed by atoms with Crippen molar-refractivity contribution in [2.75, 3.05) is 0 Å². The number of rotatable bonds is 8. The molecule has 2 aliphatic rings. The van der Waals surface area contributed by atoms with E-state index in [1.807, 2.05) is 0 Å². The zero-order chi connectivity index (χ0) is 19.2. The van der Waals surface area contributed by atoms with Crippen LogP contribution < -0.4 is 0 Å². The van der Waals surface area contributed by atoms with Crippen molar-refractivity contribution < 1.29 is 0 Å². The average Bonchev–Trinajstić information content (AvgIpc) is 2.61. The zero-order valence-corrected chi connectivity index (χ0v) is 18.4. The van der Waals surface area contributed by atoms with Gasteiger partial charge in [0.15, 0.2) is 0 Å². The highest BCUT2D eigenvalue weighted by Crippen LogP contribution is 2.46. The van der Waals surface area contributed by atoms with E-state index in [0.29, 0.717) is 5.41 Å². The summed E-state index contributed by atoms with van der Waals surface area (Å²) < 4.78 is 0. The Bertz CT molecular complexity index is 522. The van der Waals surface area contributed by atoms with Gasteiger partial charge in [-0.2, -0.15) is 0 Å². The fourth-order valence-electron chi connectivity index (χ4n) is 4.96. The third-order valence-corrected chi connectivity index (χ3v) is 6.77. The smallest absolute Gasteiger partial charge is 0.0162 e. The molecule has 0 heteroatoms. The van der Waals surface area contributed by atoms with Crippen LogP contribution in [0.1, 0.15) is 112 Å². The van der Waals surface area contributed by atoms with E-state index in [1.165, 1.54) is 82.6 Å². The van der Waals surface area contributed by atoms with Crippen LogP contribution in [0.4, 0.5) is 0 Å². The third-order valence-electron chi connectivity index (χ3n) is 6.77. The maximum absolute atomic E-state index is 4.37. The Hall–Kier alpha value is -0.780. The van der Waals surface area contributed by atoms with Crippen LogP contribution in [0.3, 0.4) is 0 Å². The number of allylic oxidation sites excluding steroid dienone is 5. The summed E-state index contributed by atoms with van der Waals surface area (Å²) >= 11 is 0. The highest BCUT2D eigenvalue weighted by Gasteiger charge is 2.31. The Morgan fingerprint density at radius 1 is 1.19 bits per heavy atom. The maximum atomic E-state index is 4.37. The van der Waals surface area contributed by atoms with Crippen LogP contribution in [0.2, 0.25) is 0 Å². The first kappa shape index (κ1) is 21.5. The van der Waals surface area contributed by atoms with Crippen LogP contribution >= 0.6 is 0 Å². The molecule has 0 aromatic carbocycles. The molecule has 0 aromatic rings. The Morgan fingerprint density at radius 2 is 1.88 bits per heavy atom. The van der Waals surface area contributed by atoms with Crippen LogP contribution in [-0.4, -0.2) is 0 Å². The molecule has 148 valence electrons. The second kappa shape index (κ2) is 9.95. The highest BCUT2D eigenvalue weighted by atomic mass is 14.4. The highest BCUT2D eigenvalue weighted by molar-refractivity contribution is 5.46. The second-order valence-corrected chi connectivity index (χ2v) is 10.1. The molecule has 1 unspecified atom stereocenters.